The molecule has 1 atom stereocenters. The molecule has 0 aliphatic carbocycles. The molecule has 0 aliphatic rings. The number of hydrogen-bond donors (Lipinski definition) is 1. The molecule has 6 nitrogen and oxygen atoms in total. The van der Waals surface area contributed by atoms with Crippen molar-refractivity contribution in [1.82, 2.24) is 20.3 Å². The van der Waals surface area contributed by atoms with Gasteiger partial charge in [0.15, 0.2) is 0 Å². The van der Waals surface area contributed by atoms with Crippen LogP contribution in [0, 0.1) is 18.7 Å². The SMILES string of the molecule is Cc1c([C@H](C)NC(=O)c2cc(CC(C)C)no2)cnn1-c1cccc(F)c1. The molecule has 1 amide bonds. The summed E-state index contributed by atoms with van der Waals surface area (Å²) in [5.41, 5.74) is 3.06. The van der Waals surface area contributed by atoms with Gasteiger partial charge in [0.05, 0.1) is 23.6 Å². The third-order valence-corrected chi connectivity index (χ3v) is 4.31. The highest BCUT2D eigenvalue weighted by Crippen LogP contribution is 2.21. The average molecular weight is 370 g/mol. The van der Waals surface area contributed by atoms with Crippen molar-refractivity contribution in [3.63, 3.8) is 0 Å². The minimum atomic E-state index is -0.331. The van der Waals surface area contributed by atoms with E-state index in [9.17, 15) is 9.18 Å². The highest BCUT2D eigenvalue weighted by Gasteiger charge is 2.20. The average Bonchev–Trinajstić information content (AvgIpc) is 3.21. The van der Waals surface area contributed by atoms with Crippen LogP contribution in [0.5, 0.6) is 0 Å². The van der Waals surface area contributed by atoms with Gasteiger partial charge in [-0.25, -0.2) is 9.07 Å². The first-order valence-electron chi connectivity index (χ1n) is 8.92. The fourth-order valence-electron chi connectivity index (χ4n) is 2.99. The van der Waals surface area contributed by atoms with E-state index in [-0.39, 0.29) is 23.5 Å². The Morgan fingerprint density at radius 2 is 2.07 bits per heavy atom. The van der Waals surface area contributed by atoms with Crippen molar-refractivity contribution in [2.24, 2.45) is 5.92 Å². The number of nitrogens with zero attached hydrogens (tertiary/aromatic N) is 3. The number of amides is 1. The van der Waals surface area contributed by atoms with Gasteiger partial charge in [-0.05, 0) is 44.4 Å². The largest absolute Gasteiger partial charge is 0.351 e. The van der Waals surface area contributed by atoms with Crippen LogP contribution in [0.15, 0.2) is 41.1 Å². The summed E-state index contributed by atoms with van der Waals surface area (Å²) in [6, 6.07) is 7.59. The molecule has 0 radical (unpaired) electrons. The number of carbonyl (C=O) groups excluding carboxylic acids is 1. The van der Waals surface area contributed by atoms with Gasteiger partial charge in [-0.15, -0.1) is 0 Å². The van der Waals surface area contributed by atoms with E-state index < -0.39 is 0 Å². The number of rotatable bonds is 6. The second kappa shape index (κ2) is 7.73. The minimum absolute atomic E-state index is 0.188. The summed E-state index contributed by atoms with van der Waals surface area (Å²) < 4.78 is 20.3. The van der Waals surface area contributed by atoms with Gasteiger partial charge in [-0.3, -0.25) is 4.79 Å². The molecule has 27 heavy (non-hydrogen) atoms. The monoisotopic (exact) mass is 370 g/mol. The molecule has 3 aromatic rings. The molecule has 0 bridgehead atoms. The van der Waals surface area contributed by atoms with Crippen LogP contribution in [0.25, 0.3) is 5.69 Å². The lowest BCUT2D eigenvalue weighted by Crippen LogP contribution is -2.26. The Hall–Kier alpha value is -2.96. The van der Waals surface area contributed by atoms with E-state index in [1.807, 2.05) is 13.8 Å². The lowest BCUT2D eigenvalue weighted by Gasteiger charge is -2.13. The molecule has 2 heterocycles. The molecule has 0 saturated carbocycles. The van der Waals surface area contributed by atoms with E-state index >= 15 is 0 Å². The Morgan fingerprint density at radius 3 is 2.78 bits per heavy atom. The predicted octanol–water partition coefficient (Wildman–Crippen LogP) is 4.00. The van der Waals surface area contributed by atoms with E-state index in [4.69, 9.17) is 4.52 Å². The van der Waals surface area contributed by atoms with Crippen molar-refractivity contribution in [2.75, 3.05) is 0 Å². The van der Waals surface area contributed by atoms with Crippen molar-refractivity contribution in [2.45, 2.75) is 40.2 Å². The van der Waals surface area contributed by atoms with Crippen molar-refractivity contribution in [3.8, 4) is 5.69 Å². The molecule has 7 heteroatoms. The van der Waals surface area contributed by atoms with Gasteiger partial charge >= 0.3 is 0 Å². The second-order valence-electron chi connectivity index (χ2n) is 7.05. The molecule has 3 rings (SSSR count). The van der Waals surface area contributed by atoms with E-state index in [0.717, 1.165) is 23.4 Å². The molecule has 2 aromatic heterocycles. The van der Waals surface area contributed by atoms with Gasteiger partial charge in [0.1, 0.15) is 5.82 Å². The lowest BCUT2D eigenvalue weighted by molar-refractivity contribution is 0.0902. The number of nitrogens with one attached hydrogen (secondary N) is 1. The van der Waals surface area contributed by atoms with Crippen LogP contribution in [0.4, 0.5) is 4.39 Å². The quantitative estimate of drug-likeness (QED) is 0.712. The fourth-order valence-corrected chi connectivity index (χ4v) is 2.99. The first kappa shape index (κ1) is 18.8. The molecule has 0 spiro atoms. The molecule has 0 fully saturated rings. The summed E-state index contributed by atoms with van der Waals surface area (Å²) in [7, 11) is 0. The molecule has 0 aliphatic heterocycles. The van der Waals surface area contributed by atoms with Crippen LogP contribution in [0.3, 0.4) is 0 Å². The van der Waals surface area contributed by atoms with Crippen molar-refractivity contribution >= 4 is 5.91 Å². The van der Waals surface area contributed by atoms with Gasteiger partial charge in [0, 0.05) is 17.3 Å². The summed E-state index contributed by atoms with van der Waals surface area (Å²) in [4.78, 5) is 12.4. The summed E-state index contributed by atoms with van der Waals surface area (Å²) >= 11 is 0. The maximum Gasteiger partial charge on any atom is 0.290 e. The van der Waals surface area contributed by atoms with Crippen LogP contribution >= 0.6 is 0 Å². The van der Waals surface area contributed by atoms with Gasteiger partial charge in [-0.2, -0.15) is 5.10 Å². The third kappa shape index (κ3) is 4.24. The highest BCUT2D eigenvalue weighted by atomic mass is 19.1. The van der Waals surface area contributed by atoms with Crippen LogP contribution in [-0.4, -0.2) is 20.8 Å². The second-order valence-corrected chi connectivity index (χ2v) is 7.05. The Morgan fingerprint density at radius 1 is 1.30 bits per heavy atom. The summed E-state index contributed by atoms with van der Waals surface area (Å²) in [5.74, 6) is -0.0374. The van der Waals surface area contributed by atoms with Gasteiger partial charge in [0.25, 0.3) is 5.91 Å². The molecule has 0 unspecified atom stereocenters. The Labute approximate surface area is 157 Å². The lowest BCUT2D eigenvalue weighted by atomic mass is 10.1. The normalized spacial score (nSPS) is 12.4. The molecule has 1 aromatic carbocycles. The van der Waals surface area contributed by atoms with Crippen LogP contribution < -0.4 is 5.32 Å². The standard InChI is InChI=1S/C20H23FN4O2/c1-12(2)8-16-10-19(27-24-16)20(26)23-13(3)18-11-22-25(14(18)4)17-7-5-6-15(21)9-17/h5-7,9-13H,8H2,1-4H3,(H,23,26)/t13-/m0/s1. The zero-order valence-corrected chi connectivity index (χ0v) is 15.9. The summed E-state index contributed by atoms with van der Waals surface area (Å²) in [6.07, 6.45) is 2.43. The number of halogens is 1. The Balaban J connectivity index is 1.74. The Kier molecular flexibility index (Phi) is 5.39. The molecule has 142 valence electrons. The number of carbonyl (C=O) groups is 1. The maximum atomic E-state index is 13.5. The summed E-state index contributed by atoms with van der Waals surface area (Å²) in [6.45, 7) is 7.90. The van der Waals surface area contributed by atoms with Crippen LogP contribution in [0.1, 0.15) is 54.3 Å². The molecule has 1 N–H and O–H groups in total. The minimum Gasteiger partial charge on any atom is -0.351 e. The molecular formula is C20H23FN4O2. The Bertz CT molecular complexity index is 945. The van der Waals surface area contributed by atoms with Gasteiger partial charge in [0.2, 0.25) is 5.76 Å². The van der Waals surface area contributed by atoms with Crippen molar-refractivity contribution in [1.29, 1.82) is 0 Å². The third-order valence-electron chi connectivity index (χ3n) is 4.31. The van der Waals surface area contributed by atoms with E-state index in [1.165, 1.54) is 12.1 Å². The number of hydrogen-bond acceptors (Lipinski definition) is 4. The topological polar surface area (TPSA) is 73.0 Å². The zero-order valence-electron chi connectivity index (χ0n) is 15.9. The van der Waals surface area contributed by atoms with Crippen LogP contribution in [-0.2, 0) is 6.42 Å². The van der Waals surface area contributed by atoms with Gasteiger partial charge < -0.3 is 9.84 Å². The summed E-state index contributed by atoms with van der Waals surface area (Å²) in [5, 5.41) is 11.2. The van der Waals surface area contributed by atoms with E-state index in [1.54, 1.807) is 29.1 Å². The van der Waals surface area contributed by atoms with Crippen LogP contribution in [0.2, 0.25) is 0 Å². The molecule has 0 saturated heterocycles. The van der Waals surface area contributed by atoms with Crippen molar-refractivity contribution in [3.05, 3.63) is 65.1 Å². The van der Waals surface area contributed by atoms with Crippen molar-refractivity contribution < 1.29 is 13.7 Å². The number of benzene rings is 1. The first-order valence-corrected chi connectivity index (χ1v) is 8.92. The number of aromatic nitrogens is 3. The van der Waals surface area contributed by atoms with E-state index in [0.29, 0.717) is 11.6 Å². The van der Waals surface area contributed by atoms with Gasteiger partial charge in [-0.1, -0.05) is 25.1 Å². The predicted molar refractivity (Wildman–Crippen MR) is 99.2 cm³/mol. The van der Waals surface area contributed by atoms with E-state index in [2.05, 4.69) is 29.4 Å². The first-order chi connectivity index (χ1) is 12.8. The molecular weight excluding hydrogens is 347 g/mol. The fraction of sp³-hybridized carbons (Fsp3) is 0.350. The zero-order chi connectivity index (χ0) is 19.6. The maximum absolute atomic E-state index is 13.5. The highest BCUT2D eigenvalue weighted by molar-refractivity contribution is 5.91. The smallest absolute Gasteiger partial charge is 0.290 e.